The van der Waals surface area contributed by atoms with Crippen LogP contribution in [0.4, 0.5) is 5.69 Å². The van der Waals surface area contributed by atoms with Crippen molar-refractivity contribution in [3.05, 3.63) is 28.8 Å². The standard InChI is InChI=1S/C13H17BrClN/c1-9(10-6-7-10)16(2)13-11(8-14)4-3-5-12(13)15/h3-5,9-10H,6-8H2,1-2H3. The summed E-state index contributed by atoms with van der Waals surface area (Å²) in [6, 6.07) is 6.70. The summed E-state index contributed by atoms with van der Waals surface area (Å²) in [5.41, 5.74) is 2.45. The number of hydrogen-bond donors (Lipinski definition) is 0. The molecule has 0 N–H and O–H groups in total. The van der Waals surface area contributed by atoms with E-state index in [1.54, 1.807) is 0 Å². The summed E-state index contributed by atoms with van der Waals surface area (Å²) in [7, 11) is 2.15. The van der Waals surface area contributed by atoms with Crippen LogP contribution in [0, 0.1) is 5.92 Å². The number of nitrogens with zero attached hydrogens (tertiary/aromatic N) is 1. The lowest BCUT2D eigenvalue weighted by molar-refractivity contribution is 0.608. The minimum atomic E-state index is 0.581. The monoisotopic (exact) mass is 301 g/mol. The maximum atomic E-state index is 6.31. The molecule has 1 aliphatic rings. The van der Waals surface area contributed by atoms with Crippen molar-refractivity contribution in [2.75, 3.05) is 11.9 Å². The van der Waals surface area contributed by atoms with Gasteiger partial charge in [-0.3, -0.25) is 0 Å². The van der Waals surface area contributed by atoms with Gasteiger partial charge in [-0.2, -0.15) is 0 Å². The number of para-hydroxylation sites is 1. The average molecular weight is 303 g/mol. The van der Waals surface area contributed by atoms with Gasteiger partial charge >= 0.3 is 0 Å². The Bertz CT molecular complexity index is 376. The van der Waals surface area contributed by atoms with Crippen LogP contribution in [-0.2, 0) is 5.33 Å². The highest BCUT2D eigenvalue weighted by molar-refractivity contribution is 9.08. The molecule has 0 bridgehead atoms. The molecule has 1 aromatic carbocycles. The van der Waals surface area contributed by atoms with Crippen LogP contribution in [0.3, 0.4) is 0 Å². The van der Waals surface area contributed by atoms with Gasteiger partial charge in [-0.05, 0) is 37.3 Å². The lowest BCUT2D eigenvalue weighted by Gasteiger charge is -2.29. The van der Waals surface area contributed by atoms with Crippen molar-refractivity contribution in [3.8, 4) is 0 Å². The van der Waals surface area contributed by atoms with Gasteiger partial charge in [0.1, 0.15) is 0 Å². The SMILES string of the molecule is CC(C1CC1)N(C)c1c(Cl)cccc1CBr. The lowest BCUT2D eigenvalue weighted by atomic mass is 10.1. The zero-order chi connectivity index (χ0) is 11.7. The second-order valence-electron chi connectivity index (χ2n) is 4.57. The van der Waals surface area contributed by atoms with Crippen LogP contribution in [0.2, 0.25) is 5.02 Å². The van der Waals surface area contributed by atoms with Crippen LogP contribution in [0.15, 0.2) is 18.2 Å². The molecule has 0 heterocycles. The molecule has 1 aromatic rings. The molecule has 1 unspecified atom stereocenters. The van der Waals surface area contributed by atoms with Crippen LogP contribution >= 0.6 is 27.5 Å². The van der Waals surface area contributed by atoms with Gasteiger partial charge in [0.2, 0.25) is 0 Å². The van der Waals surface area contributed by atoms with Crippen LogP contribution < -0.4 is 4.90 Å². The van der Waals surface area contributed by atoms with Crippen molar-refractivity contribution in [2.24, 2.45) is 5.92 Å². The van der Waals surface area contributed by atoms with Crippen molar-refractivity contribution < 1.29 is 0 Å². The lowest BCUT2D eigenvalue weighted by Crippen LogP contribution is -2.31. The molecule has 1 atom stereocenters. The first-order chi connectivity index (χ1) is 7.65. The molecule has 88 valence electrons. The molecule has 0 radical (unpaired) electrons. The molecule has 0 aliphatic heterocycles. The van der Waals surface area contributed by atoms with E-state index in [1.165, 1.54) is 24.1 Å². The Morgan fingerprint density at radius 3 is 2.75 bits per heavy atom. The van der Waals surface area contributed by atoms with Gasteiger partial charge in [0.05, 0.1) is 10.7 Å². The van der Waals surface area contributed by atoms with Crippen LogP contribution in [0.25, 0.3) is 0 Å². The van der Waals surface area contributed by atoms with Gasteiger partial charge in [0.15, 0.2) is 0 Å². The summed E-state index contributed by atoms with van der Waals surface area (Å²) in [5.74, 6) is 0.851. The van der Waals surface area contributed by atoms with E-state index in [1.807, 2.05) is 12.1 Å². The molecule has 0 saturated heterocycles. The summed E-state index contributed by atoms with van der Waals surface area (Å²) < 4.78 is 0. The molecule has 3 heteroatoms. The Balaban J connectivity index is 2.30. The second kappa shape index (κ2) is 4.97. The maximum absolute atomic E-state index is 6.31. The molecule has 1 nitrogen and oxygen atoms in total. The molecular formula is C13H17BrClN. The highest BCUT2D eigenvalue weighted by Gasteiger charge is 2.31. The normalized spacial score (nSPS) is 17.2. The number of rotatable bonds is 4. The fourth-order valence-electron chi connectivity index (χ4n) is 2.16. The molecule has 1 aliphatic carbocycles. The van der Waals surface area contributed by atoms with Gasteiger partial charge in [-0.15, -0.1) is 0 Å². The number of halogens is 2. The predicted molar refractivity (Wildman–Crippen MR) is 74.7 cm³/mol. The minimum absolute atomic E-state index is 0.581. The van der Waals surface area contributed by atoms with Gasteiger partial charge in [-0.1, -0.05) is 39.7 Å². The van der Waals surface area contributed by atoms with E-state index < -0.39 is 0 Å². The zero-order valence-electron chi connectivity index (χ0n) is 9.71. The summed E-state index contributed by atoms with van der Waals surface area (Å²) in [6.45, 7) is 2.29. The average Bonchev–Trinajstić information content (AvgIpc) is 3.10. The van der Waals surface area contributed by atoms with Gasteiger partial charge in [0.25, 0.3) is 0 Å². The van der Waals surface area contributed by atoms with Crippen molar-refractivity contribution in [2.45, 2.75) is 31.1 Å². The first kappa shape index (κ1) is 12.3. The van der Waals surface area contributed by atoms with E-state index in [0.29, 0.717) is 6.04 Å². The van der Waals surface area contributed by atoms with Gasteiger partial charge in [0, 0.05) is 18.4 Å². The first-order valence-electron chi connectivity index (χ1n) is 5.71. The van der Waals surface area contributed by atoms with E-state index in [2.05, 4.69) is 40.9 Å². The molecule has 0 amide bonds. The highest BCUT2D eigenvalue weighted by atomic mass is 79.9. The zero-order valence-corrected chi connectivity index (χ0v) is 12.1. The molecule has 0 spiro atoms. The largest absolute Gasteiger partial charge is 0.370 e. The van der Waals surface area contributed by atoms with Crippen molar-refractivity contribution in [1.82, 2.24) is 0 Å². The summed E-state index contributed by atoms with van der Waals surface area (Å²) in [6.07, 6.45) is 2.72. The summed E-state index contributed by atoms with van der Waals surface area (Å²) in [4.78, 5) is 2.33. The third kappa shape index (κ3) is 2.38. The topological polar surface area (TPSA) is 3.24 Å². The molecule has 16 heavy (non-hydrogen) atoms. The first-order valence-corrected chi connectivity index (χ1v) is 7.21. The summed E-state index contributed by atoms with van der Waals surface area (Å²) in [5, 5.41) is 1.71. The smallest absolute Gasteiger partial charge is 0.0642 e. The predicted octanol–water partition coefficient (Wildman–Crippen LogP) is 4.47. The maximum Gasteiger partial charge on any atom is 0.0642 e. The van der Waals surface area contributed by atoms with Crippen LogP contribution in [0.5, 0.6) is 0 Å². The highest BCUT2D eigenvalue weighted by Crippen LogP contribution is 2.39. The van der Waals surface area contributed by atoms with Crippen molar-refractivity contribution in [1.29, 1.82) is 0 Å². The van der Waals surface area contributed by atoms with Gasteiger partial charge in [-0.25, -0.2) is 0 Å². The molecular weight excluding hydrogens is 286 g/mol. The Labute approximate surface area is 111 Å². The summed E-state index contributed by atoms with van der Waals surface area (Å²) >= 11 is 9.84. The number of hydrogen-bond acceptors (Lipinski definition) is 1. The van der Waals surface area contributed by atoms with E-state index in [0.717, 1.165) is 16.3 Å². The third-order valence-electron chi connectivity index (χ3n) is 3.48. The Morgan fingerprint density at radius 2 is 2.19 bits per heavy atom. The Kier molecular flexibility index (Phi) is 3.81. The minimum Gasteiger partial charge on any atom is -0.370 e. The van der Waals surface area contributed by atoms with Crippen LogP contribution in [0.1, 0.15) is 25.3 Å². The van der Waals surface area contributed by atoms with E-state index in [9.17, 15) is 0 Å². The fourth-order valence-corrected chi connectivity index (χ4v) is 2.94. The van der Waals surface area contributed by atoms with Crippen molar-refractivity contribution >= 4 is 33.2 Å². The number of anilines is 1. The molecule has 0 aromatic heterocycles. The quantitative estimate of drug-likeness (QED) is 0.742. The third-order valence-corrected chi connectivity index (χ3v) is 4.39. The Morgan fingerprint density at radius 1 is 1.50 bits per heavy atom. The number of alkyl halides is 1. The molecule has 1 saturated carbocycles. The van der Waals surface area contributed by atoms with Crippen LogP contribution in [-0.4, -0.2) is 13.1 Å². The second-order valence-corrected chi connectivity index (χ2v) is 5.54. The van der Waals surface area contributed by atoms with Crippen molar-refractivity contribution in [3.63, 3.8) is 0 Å². The molecule has 2 rings (SSSR count). The van der Waals surface area contributed by atoms with E-state index >= 15 is 0 Å². The molecule has 1 fully saturated rings. The number of benzene rings is 1. The van der Waals surface area contributed by atoms with E-state index in [4.69, 9.17) is 11.6 Å². The van der Waals surface area contributed by atoms with E-state index in [-0.39, 0.29) is 0 Å². The Hall–Kier alpha value is -0.210. The van der Waals surface area contributed by atoms with Gasteiger partial charge < -0.3 is 4.90 Å². The fraction of sp³-hybridized carbons (Fsp3) is 0.538.